The molecule has 0 amide bonds. The van der Waals surface area contributed by atoms with Gasteiger partial charge >= 0.3 is 12.1 Å². The summed E-state index contributed by atoms with van der Waals surface area (Å²) < 4.78 is 46.0. The molecule has 0 saturated heterocycles. The van der Waals surface area contributed by atoms with Crippen LogP contribution >= 0.6 is 11.3 Å². The summed E-state index contributed by atoms with van der Waals surface area (Å²) in [4.78, 5) is 33.6. The van der Waals surface area contributed by atoms with Gasteiger partial charge in [0.1, 0.15) is 10.5 Å². The smallest absolute Gasteiger partial charge is 0.405 e. The highest BCUT2D eigenvalue weighted by molar-refractivity contribution is 7.18. The number of ether oxygens (including phenoxy) is 1. The third-order valence-electron chi connectivity index (χ3n) is 4.62. The summed E-state index contributed by atoms with van der Waals surface area (Å²) in [7, 11) is 0. The number of aromatic nitrogens is 4. The van der Waals surface area contributed by atoms with Crippen LogP contribution in [0, 0.1) is 5.41 Å². The Balaban J connectivity index is 1.73. The Bertz CT molecular complexity index is 1420. The van der Waals surface area contributed by atoms with Crippen molar-refractivity contribution in [2.45, 2.75) is 39.9 Å². The summed E-state index contributed by atoms with van der Waals surface area (Å²) in [6, 6.07) is 6.48. The zero-order chi connectivity index (χ0) is 24.0. The molecular weight excluding hydrogens is 457 g/mol. The van der Waals surface area contributed by atoms with Gasteiger partial charge in [0.15, 0.2) is 0 Å². The van der Waals surface area contributed by atoms with Crippen LogP contribution in [0.2, 0.25) is 0 Å². The minimum atomic E-state index is -4.48. The lowest BCUT2D eigenvalue weighted by Gasteiger charge is -2.16. The van der Waals surface area contributed by atoms with Crippen LogP contribution in [0.3, 0.4) is 0 Å². The van der Waals surface area contributed by atoms with Crippen molar-refractivity contribution in [3.63, 3.8) is 0 Å². The normalized spacial score (nSPS) is 12.4. The van der Waals surface area contributed by atoms with E-state index in [1.807, 2.05) is 20.8 Å². The van der Waals surface area contributed by atoms with Crippen molar-refractivity contribution in [3.05, 3.63) is 57.5 Å². The molecule has 0 radical (unpaired) electrons. The Morgan fingerprint density at radius 1 is 1.18 bits per heavy atom. The molecule has 7 nitrogen and oxygen atoms in total. The van der Waals surface area contributed by atoms with E-state index >= 15 is 0 Å². The van der Waals surface area contributed by atoms with Crippen molar-refractivity contribution in [1.82, 2.24) is 19.7 Å². The lowest BCUT2D eigenvalue weighted by Crippen LogP contribution is -2.26. The van der Waals surface area contributed by atoms with Crippen molar-refractivity contribution in [2.75, 3.05) is 0 Å². The van der Waals surface area contributed by atoms with Gasteiger partial charge < -0.3 is 4.74 Å². The maximum absolute atomic E-state index is 13.0. The summed E-state index contributed by atoms with van der Waals surface area (Å²) >= 11 is 1.15. The van der Waals surface area contributed by atoms with E-state index in [1.54, 1.807) is 12.1 Å². The van der Waals surface area contributed by atoms with Crippen LogP contribution in [0.25, 0.3) is 21.1 Å². The molecule has 172 valence electrons. The van der Waals surface area contributed by atoms with Gasteiger partial charge in [-0.25, -0.2) is 9.67 Å². The molecule has 4 rings (SSSR count). The fourth-order valence-electron chi connectivity index (χ4n) is 3.19. The van der Waals surface area contributed by atoms with Crippen LogP contribution in [0.1, 0.15) is 37.8 Å². The highest BCUT2D eigenvalue weighted by Crippen LogP contribution is 2.33. The Kier molecular flexibility index (Phi) is 5.69. The first-order valence-corrected chi connectivity index (χ1v) is 10.8. The standard InChI is InChI=1S/C22H19F3N4O3S/c1-21(2,3)10-17(30)32-19-13-5-4-8-26-18(13)20(31)29(28-19)11-16-27-14-9-12(22(23,24)25)6-7-15(14)33-16/h4-9H,10-11H2,1-3H3. The first kappa shape index (κ1) is 22.8. The van der Waals surface area contributed by atoms with Crippen molar-refractivity contribution in [2.24, 2.45) is 5.41 Å². The van der Waals surface area contributed by atoms with E-state index in [2.05, 4.69) is 15.1 Å². The summed E-state index contributed by atoms with van der Waals surface area (Å²) in [6.07, 6.45) is -2.91. The van der Waals surface area contributed by atoms with Crippen molar-refractivity contribution < 1.29 is 22.7 Å². The molecule has 33 heavy (non-hydrogen) atoms. The van der Waals surface area contributed by atoms with E-state index in [0.29, 0.717) is 15.1 Å². The first-order chi connectivity index (χ1) is 15.4. The first-order valence-electron chi connectivity index (χ1n) is 9.94. The Morgan fingerprint density at radius 2 is 1.94 bits per heavy atom. The van der Waals surface area contributed by atoms with E-state index in [0.717, 1.165) is 28.2 Å². The number of hydrogen-bond donors (Lipinski definition) is 0. The van der Waals surface area contributed by atoms with Crippen LogP contribution in [0.15, 0.2) is 41.3 Å². The van der Waals surface area contributed by atoms with Gasteiger partial charge in [-0.2, -0.15) is 13.2 Å². The number of fused-ring (bicyclic) bond motifs is 2. The average Bonchev–Trinajstić information content (AvgIpc) is 3.11. The van der Waals surface area contributed by atoms with Crippen LogP contribution in [0.4, 0.5) is 13.2 Å². The van der Waals surface area contributed by atoms with Crippen LogP contribution in [-0.4, -0.2) is 25.7 Å². The maximum Gasteiger partial charge on any atom is 0.416 e. The average molecular weight is 476 g/mol. The lowest BCUT2D eigenvalue weighted by molar-refractivity contribution is -0.138. The molecule has 0 spiro atoms. The zero-order valence-electron chi connectivity index (χ0n) is 17.9. The van der Waals surface area contributed by atoms with Gasteiger partial charge in [0.05, 0.1) is 34.1 Å². The van der Waals surface area contributed by atoms with Crippen molar-refractivity contribution >= 4 is 38.4 Å². The number of alkyl halides is 3. The van der Waals surface area contributed by atoms with E-state index in [-0.39, 0.29) is 35.3 Å². The van der Waals surface area contributed by atoms with E-state index in [4.69, 9.17) is 4.74 Å². The monoisotopic (exact) mass is 476 g/mol. The number of carbonyl (C=O) groups excluding carboxylic acids is 1. The second kappa shape index (κ2) is 8.22. The van der Waals surface area contributed by atoms with Crippen LogP contribution in [-0.2, 0) is 17.5 Å². The molecule has 0 aliphatic heterocycles. The highest BCUT2D eigenvalue weighted by atomic mass is 32.1. The third-order valence-corrected chi connectivity index (χ3v) is 5.64. The van der Waals surface area contributed by atoms with Crippen molar-refractivity contribution in [1.29, 1.82) is 0 Å². The molecular formula is C22H19F3N4O3S. The maximum atomic E-state index is 13.0. The lowest BCUT2D eigenvalue weighted by atomic mass is 9.92. The van der Waals surface area contributed by atoms with Gasteiger partial charge in [-0.1, -0.05) is 20.8 Å². The largest absolute Gasteiger partial charge is 0.416 e. The van der Waals surface area contributed by atoms with Gasteiger partial charge in [0.2, 0.25) is 5.88 Å². The summed E-state index contributed by atoms with van der Waals surface area (Å²) in [5.74, 6) is -0.572. The molecule has 0 unspecified atom stereocenters. The van der Waals surface area contributed by atoms with Crippen LogP contribution in [0.5, 0.6) is 5.88 Å². The van der Waals surface area contributed by atoms with Gasteiger partial charge in [-0.3, -0.25) is 14.6 Å². The molecule has 0 fully saturated rings. The van der Waals surface area contributed by atoms with E-state index < -0.39 is 23.3 Å². The molecule has 0 N–H and O–H groups in total. The molecule has 0 atom stereocenters. The third kappa shape index (κ3) is 5.03. The number of pyridine rings is 1. The van der Waals surface area contributed by atoms with E-state index in [1.165, 1.54) is 12.3 Å². The molecule has 4 aromatic rings. The fourth-order valence-corrected chi connectivity index (χ4v) is 4.12. The minimum absolute atomic E-state index is 0.0616. The molecule has 3 heterocycles. The number of halogens is 3. The number of rotatable bonds is 4. The Labute approximate surface area is 189 Å². The number of esters is 1. The van der Waals surface area contributed by atoms with Gasteiger partial charge in [-0.05, 0) is 35.7 Å². The molecule has 0 aliphatic rings. The molecule has 0 aliphatic carbocycles. The number of carbonyl (C=O) groups is 1. The Morgan fingerprint density at radius 3 is 2.64 bits per heavy atom. The van der Waals surface area contributed by atoms with Gasteiger partial charge in [0, 0.05) is 6.20 Å². The highest BCUT2D eigenvalue weighted by Gasteiger charge is 2.31. The SMILES string of the molecule is CC(C)(C)CC(=O)Oc1nn(Cc2nc3cc(C(F)(F)F)ccc3s2)c(=O)c2ncccc12. The fraction of sp³-hybridized carbons (Fsp3) is 0.318. The molecule has 11 heteroatoms. The number of thiazole rings is 1. The molecule has 1 aromatic carbocycles. The predicted octanol–water partition coefficient (Wildman–Crippen LogP) is 4.81. The summed E-state index contributed by atoms with van der Waals surface area (Å²) in [5.41, 5.74) is -1.41. The number of benzene rings is 1. The molecule has 3 aromatic heterocycles. The van der Waals surface area contributed by atoms with Gasteiger partial charge in [0.25, 0.3) is 5.56 Å². The topological polar surface area (TPSA) is 87.0 Å². The molecule has 0 saturated carbocycles. The Hall–Kier alpha value is -3.34. The quantitative estimate of drug-likeness (QED) is 0.393. The van der Waals surface area contributed by atoms with Gasteiger partial charge in [-0.15, -0.1) is 16.4 Å². The van der Waals surface area contributed by atoms with Crippen LogP contribution < -0.4 is 10.3 Å². The second-order valence-corrected chi connectivity index (χ2v) is 9.78. The van der Waals surface area contributed by atoms with E-state index in [9.17, 15) is 22.8 Å². The summed E-state index contributed by atoms with van der Waals surface area (Å²) in [5, 5.41) is 4.87. The summed E-state index contributed by atoms with van der Waals surface area (Å²) in [6.45, 7) is 5.55. The second-order valence-electron chi connectivity index (χ2n) is 8.67. The zero-order valence-corrected chi connectivity index (χ0v) is 18.8. The minimum Gasteiger partial charge on any atom is -0.405 e. The van der Waals surface area contributed by atoms with Crippen molar-refractivity contribution in [3.8, 4) is 5.88 Å². The number of hydrogen-bond acceptors (Lipinski definition) is 7. The molecule has 0 bridgehead atoms. The predicted molar refractivity (Wildman–Crippen MR) is 117 cm³/mol. The number of nitrogens with zero attached hydrogens (tertiary/aromatic N) is 4.